The molecule has 0 spiro atoms. The van der Waals surface area contributed by atoms with Crippen molar-refractivity contribution in [1.82, 2.24) is 4.98 Å². The van der Waals surface area contributed by atoms with Gasteiger partial charge in [-0.3, -0.25) is 9.59 Å². The maximum atomic E-state index is 11.8. The second-order valence-corrected chi connectivity index (χ2v) is 3.04. The summed E-state index contributed by atoms with van der Waals surface area (Å²) in [7, 11) is 0. The highest BCUT2D eigenvalue weighted by Gasteiger charge is 2.19. The number of rotatable bonds is 3. The highest BCUT2D eigenvalue weighted by molar-refractivity contribution is 6.30. The van der Waals surface area contributed by atoms with Crippen molar-refractivity contribution in [2.24, 2.45) is 0 Å². The van der Waals surface area contributed by atoms with E-state index < -0.39 is 5.78 Å². The third-order valence-corrected chi connectivity index (χ3v) is 2.09. The Morgan fingerprint density at radius 2 is 2.20 bits per heavy atom. The van der Waals surface area contributed by atoms with Crippen molar-refractivity contribution >= 4 is 11.6 Å². The van der Waals surface area contributed by atoms with Gasteiger partial charge in [-0.05, 0) is 31.4 Å². The van der Waals surface area contributed by atoms with E-state index in [1.165, 1.54) is 6.08 Å². The van der Waals surface area contributed by atoms with Crippen LogP contribution in [0.25, 0.3) is 0 Å². The van der Waals surface area contributed by atoms with Crippen LogP contribution in [-0.2, 0) is 4.79 Å². The number of carbonyl (C=O) groups is 2. The molecule has 0 saturated carbocycles. The van der Waals surface area contributed by atoms with Crippen LogP contribution in [0.3, 0.4) is 0 Å². The molecular weight excluding hydrogens is 190 g/mol. The average molecular weight is 201 g/mol. The number of hydrogen-bond donors (Lipinski definition) is 1. The first kappa shape index (κ1) is 11.0. The van der Waals surface area contributed by atoms with E-state index in [4.69, 9.17) is 6.42 Å². The van der Waals surface area contributed by atoms with Gasteiger partial charge >= 0.3 is 0 Å². The zero-order valence-corrected chi connectivity index (χ0v) is 8.63. The van der Waals surface area contributed by atoms with E-state index in [2.05, 4.69) is 4.98 Å². The third-order valence-electron chi connectivity index (χ3n) is 2.09. The summed E-state index contributed by atoms with van der Waals surface area (Å²) in [5, 5.41) is 0. The molecule has 0 fully saturated rings. The average Bonchev–Trinajstić information content (AvgIpc) is 2.65. The van der Waals surface area contributed by atoms with E-state index in [-0.39, 0.29) is 11.4 Å². The van der Waals surface area contributed by atoms with E-state index in [1.807, 2.05) is 5.92 Å². The molecule has 1 N–H and O–H groups in total. The minimum atomic E-state index is -0.587. The molecule has 0 saturated heterocycles. The van der Waals surface area contributed by atoms with Crippen molar-refractivity contribution in [3.05, 3.63) is 35.2 Å². The number of carbonyl (C=O) groups excluding carboxylic acids is 2. The summed E-state index contributed by atoms with van der Waals surface area (Å²) >= 11 is 0. The van der Waals surface area contributed by atoms with Gasteiger partial charge in [-0.1, -0.05) is 6.08 Å². The molecule has 0 unspecified atom stereocenters. The van der Waals surface area contributed by atoms with Crippen molar-refractivity contribution in [3.8, 4) is 12.3 Å². The molecule has 3 heteroatoms. The summed E-state index contributed by atoms with van der Waals surface area (Å²) in [5.41, 5.74) is 1.24. The van der Waals surface area contributed by atoms with E-state index in [0.717, 1.165) is 5.56 Å². The number of aromatic amines is 1. The van der Waals surface area contributed by atoms with Gasteiger partial charge in [0.2, 0.25) is 11.6 Å². The predicted octanol–water partition coefficient (Wildman–Crippen LogP) is 1.65. The fourth-order valence-electron chi connectivity index (χ4n) is 1.27. The molecule has 1 heterocycles. The molecule has 0 atom stereocenters. The summed E-state index contributed by atoms with van der Waals surface area (Å²) < 4.78 is 0. The number of nitrogens with one attached hydrogen (secondary N) is 1. The van der Waals surface area contributed by atoms with Gasteiger partial charge in [-0.25, -0.2) is 0 Å². The molecule has 3 nitrogen and oxygen atoms in total. The minimum absolute atomic E-state index is 0.0306. The Kier molecular flexibility index (Phi) is 3.25. The van der Waals surface area contributed by atoms with Gasteiger partial charge in [0.1, 0.15) is 0 Å². The fourth-order valence-corrected chi connectivity index (χ4v) is 1.27. The molecular formula is C12H11NO2. The van der Waals surface area contributed by atoms with Crippen molar-refractivity contribution in [2.45, 2.75) is 13.8 Å². The van der Waals surface area contributed by atoms with E-state index in [0.29, 0.717) is 5.69 Å². The molecule has 76 valence electrons. The molecule has 0 aliphatic carbocycles. The number of terminal acetylenes is 1. The number of ketones is 2. The molecule has 0 bridgehead atoms. The van der Waals surface area contributed by atoms with Crippen LogP contribution in [0, 0.1) is 19.3 Å². The normalized spacial score (nSPS) is 10.9. The van der Waals surface area contributed by atoms with E-state index >= 15 is 0 Å². The molecule has 0 radical (unpaired) electrons. The number of aromatic nitrogens is 1. The standard InChI is InChI=1S/C12H11NO2/c1-4-9(10(14)5-2)12(15)11-8(3)6-7-13-11/h2,4,6-7,13H,1,3H3/b9-4-. The van der Waals surface area contributed by atoms with Crippen molar-refractivity contribution in [1.29, 1.82) is 0 Å². The first-order chi connectivity index (χ1) is 7.11. The lowest BCUT2D eigenvalue weighted by molar-refractivity contribution is -0.110. The molecule has 0 aromatic carbocycles. The molecule has 0 amide bonds. The second kappa shape index (κ2) is 4.43. The summed E-state index contributed by atoms with van der Waals surface area (Å²) in [6, 6.07) is 1.76. The number of allylic oxidation sites excluding steroid dienone is 2. The van der Waals surface area contributed by atoms with Gasteiger partial charge in [0.25, 0.3) is 0 Å². The van der Waals surface area contributed by atoms with Gasteiger partial charge in [0.15, 0.2) is 0 Å². The minimum Gasteiger partial charge on any atom is -0.358 e. The highest BCUT2D eigenvalue weighted by atomic mass is 16.1. The molecule has 1 aromatic rings. The Morgan fingerprint density at radius 3 is 2.60 bits per heavy atom. The Balaban J connectivity index is 3.11. The molecule has 1 aromatic heterocycles. The smallest absolute Gasteiger partial charge is 0.239 e. The summed E-state index contributed by atoms with van der Waals surface area (Å²) in [5.74, 6) is 0.991. The van der Waals surface area contributed by atoms with E-state index in [1.54, 1.807) is 26.1 Å². The topological polar surface area (TPSA) is 49.9 Å². The SMILES string of the molecule is C#CC(=O)/C(=C/C)C(=O)c1[nH]ccc1C. The number of Topliss-reactive ketones (excluding diaryl/α,β-unsaturated/α-hetero) is 2. The lowest BCUT2D eigenvalue weighted by atomic mass is 10.0. The van der Waals surface area contributed by atoms with Gasteiger partial charge in [0, 0.05) is 6.20 Å². The molecule has 1 rings (SSSR count). The van der Waals surface area contributed by atoms with Gasteiger partial charge < -0.3 is 4.98 Å². The van der Waals surface area contributed by atoms with Crippen molar-refractivity contribution in [3.63, 3.8) is 0 Å². The zero-order valence-electron chi connectivity index (χ0n) is 8.63. The van der Waals surface area contributed by atoms with Crippen LogP contribution in [0.2, 0.25) is 0 Å². The third kappa shape index (κ3) is 2.05. The Hall–Kier alpha value is -2.08. The van der Waals surface area contributed by atoms with E-state index in [9.17, 15) is 9.59 Å². The number of H-pyrrole nitrogens is 1. The first-order valence-electron chi connectivity index (χ1n) is 4.47. The van der Waals surface area contributed by atoms with Crippen LogP contribution >= 0.6 is 0 Å². The largest absolute Gasteiger partial charge is 0.358 e. The van der Waals surface area contributed by atoms with Crippen LogP contribution in [0.5, 0.6) is 0 Å². The van der Waals surface area contributed by atoms with Crippen LogP contribution in [0.1, 0.15) is 23.0 Å². The van der Waals surface area contributed by atoms with Crippen molar-refractivity contribution in [2.75, 3.05) is 0 Å². The molecule has 0 aliphatic heterocycles. The first-order valence-corrected chi connectivity index (χ1v) is 4.47. The van der Waals surface area contributed by atoms with Gasteiger partial charge in [-0.15, -0.1) is 6.42 Å². The van der Waals surface area contributed by atoms with Crippen LogP contribution in [0.15, 0.2) is 23.9 Å². The van der Waals surface area contributed by atoms with Crippen LogP contribution in [-0.4, -0.2) is 16.6 Å². The van der Waals surface area contributed by atoms with Gasteiger partial charge in [-0.2, -0.15) is 0 Å². The highest BCUT2D eigenvalue weighted by Crippen LogP contribution is 2.11. The summed E-state index contributed by atoms with van der Waals surface area (Å²) in [6.45, 7) is 3.40. The maximum Gasteiger partial charge on any atom is 0.239 e. The number of hydrogen-bond acceptors (Lipinski definition) is 2. The maximum absolute atomic E-state index is 11.8. The summed E-state index contributed by atoms with van der Waals surface area (Å²) in [6.07, 6.45) is 8.06. The van der Waals surface area contributed by atoms with Gasteiger partial charge in [0.05, 0.1) is 11.3 Å². The summed E-state index contributed by atoms with van der Waals surface area (Å²) in [4.78, 5) is 25.9. The zero-order chi connectivity index (χ0) is 11.4. The monoisotopic (exact) mass is 201 g/mol. The molecule has 15 heavy (non-hydrogen) atoms. The predicted molar refractivity (Wildman–Crippen MR) is 57.5 cm³/mol. The van der Waals surface area contributed by atoms with Crippen molar-refractivity contribution < 1.29 is 9.59 Å². The lowest BCUT2D eigenvalue weighted by Crippen LogP contribution is -2.12. The second-order valence-electron chi connectivity index (χ2n) is 3.04. The fraction of sp³-hybridized carbons (Fsp3) is 0.167. The Bertz CT molecular complexity index is 472. The lowest BCUT2D eigenvalue weighted by Gasteiger charge is -2.00. The van der Waals surface area contributed by atoms with Crippen LogP contribution < -0.4 is 0 Å². The molecule has 0 aliphatic rings. The van der Waals surface area contributed by atoms with Crippen LogP contribution in [0.4, 0.5) is 0 Å². The number of aryl methyl sites for hydroxylation is 1. The Morgan fingerprint density at radius 1 is 1.53 bits per heavy atom. The quantitative estimate of drug-likeness (QED) is 0.202. The Labute approximate surface area is 88.2 Å².